The van der Waals surface area contributed by atoms with Gasteiger partial charge in [0, 0.05) is 17.7 Å². The van der Waals surface area contributed by atoms with Crippen molar-refractivity contribution in [2.45, 2.75) is 12.5 Å². The number of benzene rings is 1. The fourth-order valence-corrected chi connectivity index (χ4v) is 2.61. The van der Waals surface area contributed by atoms with E-state index in [0.717, 1.165) is 11.8 Å². The van der Waals surface area contributed by atoms with Crippen molar-refractivity contribution in [3.63, 3.8) is 0 Å². The number of aliphatic hydroxyl groups excluding tert-OH is 1. The average Bonchev–Trinajstić information content (AvgIpc) is 2.89. The second kappa shape index (κ2) is 7.36. The summed E-state index contributed by atoms with van der Waals surface area (Å²) in [7, 11) is 0. The molecular formula is C14H13ClN2O3S. The van der Waals surface area contributed by atoms with Gasteiger partial charge in [-0.25, -0.2) is 0 Å². The molecule has 1 aromatic rings. The molecule has 1 atom stereocenters. The van der Waals surface area contributed by atoms with Crippen molar-refractivity contribution >= 4 is 40.2 Å². The highest BCUT2D eigenvalue weighted by Gasteiger charge is 2.28. The van der Waals surface area contributed by atoms with Gasteiger partial charge in [0.25, 0.3) is 5.24 Å². The molecule has 110 valence electrons. The normalized spacial score (nSPS) is 16.9. The van der Waals surface area contributed by atoms with E-state index in [-0.39, 0.29) is 17.8 Å². The number of anilines is 1. The van der Waals surface area contributed by atoms with Gasteiger partial charge in [-0.05, 0) is 18.2 Å². The minimum atomic E-state index is -0.553. The largest absolute Gasteiger partial charge is 0.395 e. The van der Waals surface area contributed by atoms with Crippen molar-refractivity contribution in [3.8, 4) is 11.8 Å². The zero-order valence-corrected chi connectivity index (χ0v) is 12.6. The van der Waals surface area contributed by atoms with Crippen LogP contribution in [0, 0.1) is 11.8 Å². The molecule has 21 heavy (non-hydrogen) atoms. The summed E-state index contributed by atoms with van der Waals surface area (Å²) in [4.78, 5) is 23.1. The molecule has 0 bridgehead atoms. The lowest BCUT2D eigenvalue weighted by molar-refractivity contribution is -0.117. The van der Waals surface area contributed by atoms with Crippen LogP contribution in [0.15, 0.2) is 18.2 Å². The quantitative estimate of drug-likeness (QED) is 0.741. The summed E-state index contributed by atoms with van der Waals surface area (Å²) in [6.07, 6.45) is 0.385. The molecule has 0 saturated carbocycles. The zero-order valence-electron chi connectivity index (χ0n) is 11.0. The molecule has 1 saturated heterocycles. The number of aliphatic hydroxyl groups is 1. The molecule has 0 aliphatic carbocycles. The Bertz CT molecular complexity index is 624. The van der Waals surface area contributed by atoms with Crippen LogP contribution in [-0.2, 0) is 4.79 Å². The van der Waals surface area contributed by atoms with Gasteiger partial charge in [-0.2, -0.15) is 0 Å². The van der Waals surface area contributed by atoms with Gasteiger partial charge in [0.15, 0.2) is 0 Å². The van der Waals surface area contributed by atoms with E-state index in [9.17, 15) is 9.59 Å². The molecule has 1 unspecified atom stereocenters. The number of rotatable bonds is 3. The summed E-state index contributed by atoms with van der Waals surface area (Å²) in [5.74, 6) is 5.76. The van der Waals surface area contributed by atoms with Crippen LogP contribution in [0.3, 0.4) is 0 Å². The highest BCUT2D eigenvalue weighted by molar-refractivity contribution is 8.14. The number of hydrogen-bond donors (Lipinski definition) is 3. The first kappa shape index (κ1) is 15.7. The molecule has 2 amide bonds. The molecule has 1 heterocycles. The van der Waals surface area contributed by atoms with E-state index in [1.165, 1.54) is 0 Å². The third-order valence-electron chi connectivity index (χ3n) is 2.68. The first-order chi connectivity index (χ1) is 10.1. The van der Waals surface area contributed by atoms with Crippen LogP contribution in [0.2, 0.25) is 5.02 Å². The first-order valence-corrected chi connectivity index (χ1v) is 7.60. The van der Waals surface area contributed by atoms with Crippen LogP contribution < -0.4 is 10.6 Å². The molecule has 0 aromatic heterocycles. The van der Waals surface area contributed by atoms with Crippen molar-refractivity contribution in [2.75, 3.05) is 17.7 Å². The zero-order chi connectivity index (χ0) is 15.2. The number of carbonyl (C=O) groups is 2. The molecule has 3 N–H and O–H groups in total. The van der Waals surface area contributed by atoms with Crippen LogP contribution >= 0.6 is 23.4 Å². The van der Waals surface area contributed by atoms with Gasteiger partial charge in [-0.3, -0.25) is 9.59 Å². The Labute approximate surface area is 131 Å². The summed E-state index contributed by atoms with van der Waals surface area (Å²) in [6, 6.07) is 4.48. The second-order valence-corrected chi connectivity index (χ2v) is 5.65. The molecular weight excluding hydrogens is 312 g/mol. The van der Waals surface area contributed by atoms with E-state index in [1.54, 1.807) is 18.2 Å². The predicted octanol–water partition coefficient (Wildman–Crippen LogP) is 1.84. The molecule has 1 aliphatic rings. The third kappa shape index (κ3) is 4.39. The predicted molar refractivity (Wildman–Crippen MR) is 83.4 cm³/mol. The standard InChI is InChI=1S/C14H13ClN2O3S/c15-10-5-4-9(3-1-2-6-18)7-11(10)16-13(19)12-8-21-14(20)17-12/h4-5,7,12,18H,2,6,8H2,(H,16,19)(H,17,20). The Hall–Kier alpha value is -1.68. The van der Waals surface area contributed by atoms with E-state index < -0.39 is 6.04 Å². The number of thioether (sulfide) groups is 1. The maximum Gasteiger partial charge on any atom is 0.279 e. The number of halogens is 1. The molecule has 0 radical (unpaired) electrons. The number of carbonyl (C=O) groups excluding carboxylic acids is 2. The summed E-state index contributed by atoms with van der Waals surface area (Å²) in [5.41, 5.74) is 1.14. The van der Waals surface area contributed by atoms with Gasteiger partial charge in [0.1, 0.15) is 6.04 Å². The fourth-order valence-electron chi connectivity index (χ4n) is 1.66. The summed E-state index contributed by atoms with van der Waals surface area (Å²) >= 11 is 7.12. The van der Waals surface area contributed by atoms with Crippen LogP contribution in [0.4, 0.5) is 10.5 Å². The first-order valence-electron chi connectivity index (χ1n) is 6.23. The van der Waals surface area contributed by atoms with E-state index >= 15 is 0 Å². The topological polar surface area (TPSA) is 78.4 Å². The summed E-state index contributed by atoms with van der Waals surface area (Å²) < 4.78 is 0. The lowest BCUT2D eigenvalue weighted by Crippen LogP contribution is -2.38. The van der Waals surface area contributed by atoms with Crippen LogP contribution in [0.25, 0.3) is 0 Å². The van der Waals surface area contributed by atoms with Gasteiger partial charge in [0.2, 0.25) is 5.91 Å². The molecule has 5 nitrogen and oxygen atoms in total. The van der Waals surface area contributed by atoms with Gasteiger partial charge >= 0.3 is 0 Å². The molecule has 0 spiro atoms. The Kier molecular flexibility index (Phi) is 5.51. The number of nitrogens with one attached hydrogen (secondary N) is 2. The molecule has 2 rings (SSSR count). The lowest BCUT2D eigenvalue weighted by Gasteiger charge is -2.11. The Morgan fingerprint density at radius 3 is 3.05 bits per heavy atom. The average molecular weight is 325 g/mol. The van der Waals surface area contributed by atoms with Gasteiger partial charge in [-0.1, -0.05) is 35.2 Å². The van der Waals surface area contributed by atoms with Crippen LogP contribution in [0.1, 0.15) is 12.0 Å². The third-order valence-corrected chi connectivity index (χ3v) is 3.89. The number of hydrogen-bond acceptors (Lipinski definition) is 4. The summed E-state index contributed by atoms with van der Waals surface area (Å²) in [5, 5.41) is 14.1. The molecule has 1 fully saturated rings. The number of amides is 2. The van der Waals surface area contributed by atoms with Crippen LogP contribution in [0.5, 0.6) is 0 Å². The van der Waals surface area contributed by atoms with Crippen molar-refractivity contribution in [1.82, 2.24) is 5.32 Å². The highest BCUT2D eigenvalue weighted by atomic mass is 35.5. The highest BCUT2D eigenvalue weighted by Crippen LogP contribution is 2.24. The maximum atomic E-state index is 12.0. The fraction of sp³-hybridized carbons (Fsp3) is 0.286. The van der Waals surface area contributed by atoms with Crippen LogP contribution in [-0.4, -0.2) is 34.7 Å². The van der Waals surface area contributed by atoms with E-state index in [0.29, 0.717) is 28.4 Å². The second-order valence-electron chi connectivity index (χ2n) is 4.25. The molecule has 1 aromatic carbocycles. The van der Waals surface area contributed by atoms with Gasteiger partial charge in [-0.15, -0.1) is 0 Å². The summed E-state index contributed by atoms with van der Waals surface area (Å²) in [6.45, 7) is 0.00320. The SMILES string of the molecule is O=C1NC(C(=O)Nc2cc(C#CCCO)ccc2Cl)CS1. The molecule has 1 aliphatic heterocycles. The Morgan fingerprint density at radius 2 is 2.38 bits per heavy atom. The van der Waals surface area contributed by atoms with E-state index in [2.05, 4.69) is 22.5 Å². The van der Waals surface area contributed by atoms with Crippen molar-refractivity contribution in [2.24, 2.45) is 0 Å². The van der Waals surface area contributed by atoms with Crippen molar-refractivity contribution in [1.29, 1.82) is 0 Å². The van der Waals surface area contributed by atoms with Crippen molar-refractivity contribution in [3.05, 3.63) is 28.8 Å². The minimum absolute atomic E-state index is 0.00320. The van der Waals surface area contributed by atoms with Gasteiger partial charge in [0.05, 0.1) is 17.3 Å². The lowest BCUT2D eigenvalue weighted by atomic mass is 10.2. The van der Waals surface area contributed by atoms with Crippen molar-refractivity contribution < 1.29 is 14.7 Å². The minimum Gasteiger partial charge on any atom is -0.395 e. The smallest absolute Gasteiger partial charge is 0.279 e. The maximum absolute atomic E-state index is 12.0. The van der Waals surface area contributed by atoms with Gasteiger partial charge < -0.3 is 15.7 Å². The van der Waals surface area contributed by atoms with E-state index in [4.69, 9.17) is 16.7 Å². The van der Waals surface area contributed by atoms with E-state index in [1.807, 2.05) is 0 Å². The Balaban J connectivity index is 2.08. The monoisotopic (exact) mass is 324 g/mol. The molecule has 7 heteroatoms. The Morgan fingerprint density at radius 1 is 1.57 bits per heavy atom.